The van der Waals surface area contributed by atoms with Crippen molar-refractivity contribution in [1.29, 1.82) is 0 Å². The Hall–Kier alpha value is -1.53. The van der Waals surface area contributed by atoms with E-state index in [1.807, 2.05) is 7.05 Å². The summed E-state index contributed by atoms with van der Waals surface area (Å²) >= 11 is 0. The fourth-order valence-electron chi connectivity index (χ4n) is 2.25. The van der Waals surface area contributed by atoms with Crippen LogP contribution in [0.1, 0.15) is 18.4 Å². The molecular formula is C14H16F3NO2. The number of halogens is 3. The van der Waals surface area contributed by atoms with Crippen molar-refractivity contribution in [3.63, 3.8) is 0 Å². The lowest BCUT2D eigenvalue weighted by molar-refractivity contribution is -0.0203. The maximum Gasteiger partial charge on any atom is 0.344 e. The molecule has 2 rings (SSSR count). The Labute approximate surface area is 115 Å². The molecule has 20 heavy (non-hydrogen) atoms. The summed E-state index contributed by atoms with van der Waals surface area (Å²) in [4.78, 5) is 2.12. The van der Waals surface area contributed by atoms with Gasteiger partial charge in [-0.05, 0) is 37.6 Å². The van der Waals surface area contributed by atoms with Gasteiger partial charge in [0.15, 0.2) is 0 Å². The zero-order chi connectivity index (χ0) is 14.8. The van der Waals surface area contributed by atoms with Crippen LogP contribution in [0.3, 0.4) is 0 Å². The van der Waals surface area contributed by atoms with Crippen LogP contribution in [0.15, 0.2) is 36.4 Å². The van der Waals surface area contributed by atoms with Crippen molar-refractivity contribution in [2.75, 3.05) is 20.1 Å². The molecule has 1 saturated heterocycles. The van der Waals surface area contributed by atoms with E-state index in [1.165, 1.54) is 12.1 Å². The molecule has 0 amide bonds. The molecular weight excluding hydrogens is 271 g/mol. The highest BCUT2D eigenvalue weighted by atomic mass is 19.3. The van der Waals surface area contributed by atoms with Crippen molar-refractivity contribution in [3.05, 3.63) is 41.9 Å². The first-order valence-electron chi connectivity index (χ1n) is 6.31. The van der Waals surface area contributed by atoms with E-state index in [4.69, 9.17) is 0 Å². The van der Waals surface area contributed by atoms with E-state index in [2.05, 4.69) is 9.64 Å². The van der Waals surface area contributed by atoms with Gasteiger partial charge in [0, 0.05) is 13.1 Å². The van der Waals surface area contributed by atoms with E-state index in [-0.39, 0.29) is 5.75 Å². The maximum atomic E-state index is 12.6. The van der Waals surface area contributed by atoms with Crippen LogP contribution >= 0.6 is 0 Å². The van der Waals surface area contributed by atoms with Crippen molar-refractivity contribution in [3.8, 4) is 5.75 Å². The van der Waals surface area contributed by atoms with E-state index < -0.39 is 17.7 Å². The highest BCUT2D eigenvalue weighted by Gasteiger charge is 2.32. The van der Waals surface area contributed by atoms with Crippen LogP contribution in [-0.2, 0) is 5.60 Å². The second kappa shape index (κ2) is 5.85. The van der Waals surface area contributed by atoms with E-state index in [0.717, 1.165) is 13.1 Å². The molecule has 0 saturated carbocycles. The van der Waals surface area contributed by atoms with Crippen LogP contribution in [0.2, 0.25) is 0 Å². The van der Waals surface area contributed by atoms with Gasteiger partial charge in [-0.2, -0.15) is 13.2 Å². The molecule has 0 aromatic heterocycles. The number of likely N-dealkylation sites (tertiary alicyclic amines) is 1. The Morgan fingerprint density at radius 3 is 2.20 bits per heavy atom. The van der Waals surface area contributed by atoms with E-state index in [9.17, 15) is 18.3 Å². The zero-order valence-corrected chi connectivity index (χ0v) is 11.1. The summed E-state index contributed by atoms with van der Waals surface area (Å²) in [7, 11) is 1.98. The number of ether oxygens (including phenoxy) is 1. The molecule has 110 valence electrons. The monoisotopic (exact) mass is 287 g/mol. The van der Waals surface area contributed by atoms with Gasteiger partial charge in [-0.15, -0.1) is 0 Å². The highest BCUT2D eigenvalue weighted by Crippen LogP contribution is 2.33. The van der Waals surface area contributed by atoms with Crippen molar-refractivity contribution >= 4 is 0 Å². The topological polar surface area (TPSA) is 32.7 Å². The summed E-state index contributed by atoms with van der Waals surface area (Å²) in [5, 5.41) is 10.6. The fourth-order valence-corrected chi connectivity index (χ4v) is 2.25. The molecule has 1 aromatic rings. The van der Waals surface area contributed by atoms with Crippen molar-refractivity contribution in [1.82, 2.24) is 4.90 Å². The average molecular weight is 287 g/mol. The third kappa shape index (κ3) is 3.32. The predicted octanol–water partition coefficient (Wildman–Crippen LogP) is 3.01. The number of benzene rings is 1. The molecule has 0 radical (unpaired) electrons. The van der Waals surface area contributed by atoms with Crippen molar-refractivity contribution < 1.29 is 23.0 Å². The SMILES string of the molecule is CN1CCC(O)(c2ccc(OC(F)=C(F)F)cc2)CC1. The molecule has 1 fully saturated rings. The smallest absolute Gasteiger partial charge is 0.344 e. The van der Waals surface area contributed by atoms with Gasteiger partial charge in [0.2, 0.25) is 0 Å². The molecule has 1 heterocycles. The Morgan fingerprint density at radius 2 is 1.70 bits per heavy atom. The lowest BCUT2D eigenvalue weighted by Crippen LogP contribution is -2.40. The summed E-state index contributed by atoms with van der Waals surface area (Å²) in [6.07, 6.45) is -1.31. The van der Waals surface area contributed by atoms with E-state index >= 15 is 0 Å². The number of hydrogen-bond acceptors (Lipinski definition) is 3. The first-order valence-corrected chi connectivity index (χ1v) is 6.31. The second-order valence-electron chi connectivity index (χ2n) is 5.00. The van der Waals surface area contributed by atoms with Crippen LogP contribution in [0.25, 0.3) is 0 Å². The first-order chi connectivity index (χ1) is 9.40. The molecule has 0 unspecified atom stereocenters. The molecule has 1 N–H and O–H groups in total. The number of hydrogen-bond donors (Lipinski definition) is 1. The van der Waals surface area contributed by atoms with Gasteiger partial charge in [0.25, 0.3) is 0 Å². The molecule has 6 heteroatoms. The summed E-state index contributed by atoms with van der Waals surface area (Å²) in [5.74, 6) is -0.0319. The van der Waals surface area contributed by atoms with Gasteiger partial charge < -0.3 is 14.7 Å². The van der Waals surface area contributed by atoms with Gasteiger partial charge in [-0.1, -0.05) is 12.1 Å². The van der Waals surface area contributed by atoms with Crippen molar-refractivity contribution in [2.24, 2.45) is 0 Å². The third-order valence-corrected chi connectivity index (χ3v) is 3.56. The van der Waals surface area contributed by atoms with Crippen LogP contribution < -0.4 is 4.74 Å². The first kappa shape index (κ1) is 14.9. The van der Waals surface area contributed by atoms with Crippen LogP contribution in [-0.4, -0.2) is 30.1 Å². The van der Waals surface area contributed by atoms with Crippen LogP contribution in [0.5, 0.6) is 5.75 Å². The molecule has 3 nitrogen and oxygen atoms in total. The van der Waals surface area contributed by atoms with Gasteiger partial charge in [-0.3, -0.25) is 0 Å². The number of rotatable bonds is 3. The molecule has 1 aromatic carbocycles. The summed E-state index contributed by atoms with van der Waals surface area (Å²) < 4.78 is 40.8. The fraction of sp³-hybridized carbons (Fsp3) is 0.429. The van der Waals surface area contributed by atoms with Gasteiger partial charge >= 0.3 is 12.1 Å². The standard InChI is InChI=1S/C14H16F3NO2/c1-18-8-6-14(19,7-9-18)10-2-4-11(5-3-10)20-13(17)12(15)16/h2-5,19H,6-9H2,1H3. The Bertz CT molecular complexity index is 490. The van der Waals surface area contributed by atoms with E-state index in [1.54, 1.807) is 12.1 Å². The lowest BCUT2D eigenvalue weighted by Gasteiger charge is -2.36. The number of aliphatic hydroxyl groups is 1. The Kier molecular flexibility index (Phi) is 4.35. The van der Waals surface area contributed by atoms with Gasteiger partial charge in [0.1, 0.15) is 5.75 Å². The second-order valence-corrected chi connectivity index (χ2v) is 5.00. The minimum Gasteiger partial charge on any atom is -0.428 e. The van der Waals surface area contributed by atoms with Gasteiger partial charge in [-0.25, -0.2) is 0 Å². The quantitative estimate of drug-likeness (QED) is 0.867. The lowest BCUT2D eigenvalue weighted by atomic mass is 9.84. The minimum absolute atomic E-state index is 0.0319. The summed E-state index contributed by atoms with van der Waals surface area (Å²) in [5.41, 5.74) is -0.242. The van der Waals surface area contributed by atoms with Crippen LogP contribution in [0.4, 0.5) is 13.2 Å². The zero-order valence-electron chi connectivity index (χ0n) is 11.1. The molecule has 0 atom stereocenters. The average Bonchev–Trinajstić information content (AvgIpc) is 2.43. The molecule has 0 aliphatic carbocycles. The Balaban J connectivity index is 2.10. The maximum absolute atomic E-state index is 12.6. The van der Waals surface area contributed by atoms with Crippen LogP contribution in [0, 0.1) is 0 Å². The third-order valence-electron chi connectivity index (χ3n) is 3.56. The molecule has 0 bridgehead atoms. The number of nitrogens with zero attached hydrogens (tertiary/aromatic N) is 1. The summed E-state index contributed by atoms with van der Waals surface area (Å²) in [6, 6.07) is 3.98. The van der Waals surface area contributed by atoms with Gasteiger partial charge in [0.05, 0.1) is 5.60 Å². The van der Waals surface area contributed by atoms with E-state index in [0.29, 0.717) is 18.4 Å². The summed E-state index contributed by atoms with van der Waals surface area (Å²) in [6.45, 7) is 1.55. The number of piperidine rings is 1. The van der Waals surface area contributed by atoms with Crippen molar-refractivity contribution in [2.45, 2.75) is 18.4 Å². The molecule has 1 aliphatic heterocycles. The minimum atomic E-state index is -2.50. The molecule has 0 spiro atoms. The largest absolute Gasteiger partial charge is 0.428 e. The Morgan fingerprint density at radius 1 is 1.15 bits per heavy atom. The molecule has 1 aliphatic rings. The highest BCUT2D eigenvalue weighted by molar-refractivity contribution is 5.32. The normalized spacial score (nSPS) is 18.6. The predicted molar refractivity (Wildman–Crippen MR) is 68.0 cm³/mol.